The minimum absolute atomic E-state index is 0.272. The molecule has 2 rings (SSSR count). The van der Waals surface area contributed by atoms with Crippen molar-refractivity contribution in [3.8, 4) is 0 Å². The molecule has 0 aliphatic carbocycles. The normalized spacial score (nSPS) is 38.5. The van der Waals surface area contributed by atoms with Crippen LogP contribution >= 0.6 is 0 Å². The number of hydrogen-bond acceptors (Lipinski definition) is 4. The highest BCUT2D eigenvalue weighted by Crippen LogP contribution is 2.38. The third kappa shape index (κ3) is 1.89. The molecule has 4 nitrogen and oxygen atoms in total. The van der Waals surface area contributed by atoms with Crippen molar-refractivity contribution in [1.82, 2.24) is 5.32 Å². The van der Waals surface area contributed by atoms with E-state index in [0.717, 1.165) is 0 Å². The van der Waals surface area contributed by atoms with E-state index in [1.807, 2.05) is 6.92 Å². The fourth-order valence-corrected chi connectivity index (χ4v) is 2.06. The molecule has 16 heavy (non-hydrogen) atoms. The minimum atomic E-state index is -4.96. The zero-order valence-corrected chi connectivity index (χ0v) is 8.63. The van der Waals surface area contributed by atoms with Crippen LogP contribution in [0.1, 0.15) is 13.3 Å². The van der Waals surface area contributed by atoms with E-state index in [0.29, 0.717) is 19.6 Å². The number of carbonyl (C=O) groups is 1. The molecule has 0 amide bonds. The van der Waals surface area contributed by atoms with Crippen molar-refractivity contribution in [1.29, 1.82) is 0 Å². The van der Waals surface area contributed by atoms with Crippen molar-refractivity contribution < 1.29 is 27.4 Å². The summed E-state index contributed by atoms with van der Waals surface area (Å²) in [5, 5.41) is 2.63. The third-order valence-corrected chi connectivity index (χ3v) is 2.87. The molecule has 92 valence electrons. The summed E-state index contributed by atoms with van der Waals surface area (Å²) in [6.07, 6.45) is -5.33. The Labute approximate surface area is 90.1 Å². The number of alkyl halides is 3. The lowest BCUT2D eigenvalue weighted by molar-refractivity contribution is -0.233. The zero-order valence-electron chi connectivity index (χ0n) is 8.63. The van der Waals surface area contributed by atoms with Crippen molar-refractivity contribution in [2.45, 2.75) is 31.3 Å². The van der Waals surface area contributed by atoms with Gasteiger partial charge in [-0.15, -0.1) is 0 Å². The quantitative estimate of drug-likeness (QED) is 0.688. The molecular weight excluding hydrogens is 227 g/mol. The van der Waals surface area contributed by atoms with Crippen molar-refractivity contribution >= 4 is 5.97 Å². The van der Waals surface area contributed by atoms with E-state index in [-0.39, 0.29) is 5.92 Å². The van der Waals surface area contributed by atoms with E-state index in [9.17, 15) is 18.0 Å². The summed E-state index contributed by atoms with van der Waals surface area (Å²) >= 11 is 0. The minimum Gasteiger partial charge on any atom is -0.437 e. The van der Waals surface area contributed by atoms with E-state index >= 15 is 0 Å². The van der Waals surface area contributed by atoms with Crippen LogP contribution in [0.5, 0.6) is 0 Å². The molecular formula is C9H12F3NO3. The van der Waals surface area contributed by atoms with Crippen LogP contribution in [0.15, 0.2) is 0 Å². The molecule has 1 spiro atoms. The average molecular weight is 239 g/mol. The lowest BCUT2D eigenvalue weighted by Gasteiger charge is -2.45. The van der Waals surface area contributed by atoms with E-state index in [2.05, 4.69) is 10.1 Å². The maximum absolute atomic E-state index is 12.0. The Bertz CT molecular complexity index is 307. The Kier molecular flexibility index (Phi) is 2.62. The predicted molar refractivity (Wildman–Crippen MR) is 46.4 cm³/mol. The van der Waals surface area contributed by atoms with Gasteiger partial charge in [-0.05, 0) is 12.3 Å². The van der Waals surface area contributed by atoms with Crippen molar-refractivity contribution in [3.05, 3.63) is 0 Å². The van der Waals surface area contributed by atoms with Gasteiger partial charge >= 0.3 is 12.1 Å². The first-order valence-electron chi connectivity index (χ1n) is 4.99. The number of carbonyl (C=O) groups excluding carboxylic acids is 1. The van der Waals surface area contributed by atoms with Gasteiger partial charge in [0.15, 0.2) is 6.23 Å². The molecule has 7 heteroatoms. The van der Waals surface area contributed by atoms with Gasteiger partial charge in [-0.25, -0.2) is 4.79 Å². The molecule has 2 saturated heterocycles. The van der Waals surface area contributed by atoms with Crippen LogP contribution in [0.4, 0.5) is 13.2 Å². The van der Waals surface area contributed by atoms with Gasteiger partial charge in [0, 0.05) is 6.54 Å². The zero-order chi connectivity index (χ0) is 12.0. The lowest BCUT2D eigenvalue weighted by Crippen LogP contribution is -2.69. The number of esters is 1. The van der Waals surface area contributed by atoms with Gasteiger partial charge in [0.25, 0.3) is 0 Å². The first kappa shape index (κ1) is 11.7. The SMILES string of the molecule is CC1COC2(CNC2OC(=O)C(F)(F)F)C1. The van der Waals surface area contributed by atoms with E-state index < -0.39 is 24.0 Å². The van der Waals surface area contributed by atoms with Gasteiger partial charge in [0.05, 0.1) is 6.61 Å². The van der Waals surface area contributed by atoms with Gasteiger partial charge in [-0.2, -0.15) is 13.2 Å². The van der Waals surface area contributed by atoms with Crippen LogP contribution in [0.25, 0.3) is 0 Å². The van der Waals surface area contributed by atoms with Gasteiger partial charge in [-0.3, -0.25) is 5.32 Å². The summed E-state index contributed by atoms with van der Waals surface area (Å²) in [5.74, 6) is -1.90. The maximum Gasteiger partial charge on any atom is 0.490 e. The number of halogens is 3. The Morgan fingerprint density at radius 2 is 2.25 bits per heavy atom. The fourth-order valence-electron chi connectivity index (χ4n) is 2.06. The second kappa shape index (κ2) is 3.59. The topological polar surface area (TPSA) is 47.6 Å². The highest BCUT2D eigenvalue weighted by molar-refractivity contribution is 5.75. The smallest absolute Gasteiger partial charge is 0.437 e. The lowest BCUT2D eigenvalue weighted by atomic mass is 9.87. The van der Waals surface area contributed by atoms with Crippen molar-refractivity contribution in [3.63, 3.8) is 0 Å². The predicted octanol–water partition coefficient (Wildman–Crippen LogP) is 0.816. The molecule has 0 aromatic heterocycles. The highest BCUT2D eigenvalue weighted by Gasteiger charge is 2.56. The molecule has 0 radical (unpaired) electrons. The summed E-state index contributed by atoms with van der Waals surface area (Å²) in [4.78, 5) is 10.6. The average Bonchev–Trinajstić information content (AvgIpc) is 2.55. The van der Waals surface area contributed by atoms with Crippen LogP contribution < -0.4 is 5.32 Å². The molecule has 2 aliphatic heterocycles. The Morgan fingerprint density at radius 1 is 1.56 bits per heavy atom. The van der Waals surface area contributed by atoms with Crippen LogP contribution in [0, 0.1) is 5.92 Å². The molecule has 3 atom stereocenters. The monoisotopic (exact) mass is 239 g/mol. The van der Waals surface area contributed by atoms with E-state index in [1.54, 1.807) is 0 Å². The summed E-state index contributed by atoms with van der Waals surface area (Å²) in [5.41, 5.74) is -0.750. The number of hydrogen-bond donors (Lipinski definition) is 1. The second-order valence-corrected chi connectivity index (χ2v) is 4.35. The van der Waals surface area contributed by atoms with Crippen LogP contribution in [-0.4, -0.2) is 37.1 Å². The van der Waals surface area contributed by atoms with Gasteiger partial charge in [0.1, 0.15) is 5.60 Å². The van der Waals surface area contributed by atoms with Gasteiger partial charge in [-0.1, -0.05) is 6.92 Å². The molecule has 2 fully saturated rings. The molecule has 1 N–H and O–H groups in total. The van der Waals surface area contributed by atoms with E-state index in [4.69, 9.17) is 4.74 Å². The number of rotatable bonds is 1. The fraction of sp³-hybridized carbons (Fsp3) is 0.889. The summed E-state index contributed by atoms with van der Waals surface area (Å²) in [7, 11) is 0. The van der Waals surface area contributed by atoms with Gasteiger partial charge in [0.2, 0.25) is 0 Å². The van der Waals surface area contributed by atoms with Crippen molar-refractivity contribution in [2.75, 3.05) is 13.2 Å². The molecule has 2 heterocycles. The molecule has 0 aromatic carbocycles. The summed E-state index contributed by atoms with van der Waals surface area (Å²) < 4.78 is 45.7. The standard InChI is InChI=1S/C9H12F3NO3/c1-5-2-8(15-3-5)4-13-6(8)16-7(14)9(10,11)12/h5-6,13H,2-4H2,1H3. The van der Waals surface area contributed by atoms with Crippen LogP contribution in [0.2, 0.25) is 0 Å². The third-order valence-electron chi connectivity index (χ3n) is 2.87. The molecule has 0 bridgehead atoms. The summed E-state index contributed by atoms with van der Waals surface area (Å²) in [6.45, 7) is 2.85. The number of nitrogens with one attached hydrogen (secondary N) is 1. The van der Waals surface area contributed by atoms with Crippen LogP contribution in [0.3, 0.4) is 0 Å². The molecule has 0 saturated carbocycles. The van der Waals surface area contributed by atoms with E-state index in [1.165, 1.54) is 0 Å². The Hall–Kier alpha value is -0.820. The summed E-state index contributed by atoms with van der Waals surface area (Å²) in [6, 6.07) is 0. The molecule has 3 unspecified atom stereocenters. The largest absolute Gasteiger partial charge is 0.490 e. The first-order chi connectivity index (χ1) is 7.33. The first-order valence-corrected chi connectivity index (χ1v) is 4.99. The van der Waals surface area contributed by atoms with Crippen LogP contribution in [-0.2, 0) is 14.3 Å². The second-order valence-electron chi connectivity index (χ2n) is 4.35. The highest BCUT2D eigenvalue weighted by atomic mass is 19.4. The van der Waals surface area contributed by atoms with Gasteiger partial charge < -0.3 is 9.47 Å². The molecule has 0 aromatic rings. The number of ether oxygens (including phenoxy) is 2. The Morgan fingerprint density at radius 3 is 2.62 bits per heavy atom. The Balaban J connectivity index is 1.95. The van der Waals surface area contributed by atoms with Crippen molar-refractivity contribution in [2.24, 2.45) is 5.92 Å². The maximum atomic E-state index is 12.0. The molecule has 2 aliphatic rings.